The van der Waals surface area contributed by atoms with E-state index in [9.17, 15) is 0 Å². The van der Waals surface area contributed by atoms with Crippen LogP contribution in [0.5, 0.6) is 0 Å². The number of aromatic nitrogens is 2. The summed E-state index contributed by atoms with van der Waals surface area (Å²) in [5, 5.41) is 4.46. The molecule has 0 aromatic carbocycles. The molecule has 4 nitrogen and oxygen atoms in total. The van der Waals surface area contributed by atoms with Crippen molar-refractivity contribution >= 4 is 27.5 Å². The maximum atomic E-state index is 5.83. The normalized spacial score (nSPS) is 18.7. The van der Waals surface area contributed by atoms with E-state index in [1.54, 1.807) is 0 Å². The molecule has 1 saturated heterocycles. The van der Waals surface area contributed by atoms with Gasteiger partial charge in [-0.15, -0.1) is 11.6 Å². The molecule has 0 aliphatic carbocycles. The molecule has 1 aliphatic rings. The minimum absolute atomic E-state index is 0.729. The monoisotopic (exact) mass is 348 g/mol. The topological polar surface area (TPSA) is 24.3 Å². The van der Waals surface area contributed by atoms with Gasteiger partial charge >= 0.3 is 0 Å². The van der Waals surface area contributed by atoms with Crippen molar-refractivity contribution in [1.29, 1.82) is 0 Å². The molecule has 0 saturated carbocycles. The Morgan fingerprint density at radius 1 is 1.21 bits per heavy atom. The number of halogens is 2. The molecule has 0 atom stereocenters. The van der Waals surface area contributed by atoms with Crippen LogP contribution in [0, 0.1) is 6.92 Å². The number of aryl methyl sites for hydroxylation is 2. The van der Waals surface area contributed by atoms with Gasteiger partial charge in [0.25, 0.3) is 0 Å². The van der Waals surface area contributed by atoms with Crippen LogP contribution in [0.2, 0.25) is 0 Å². The Morgan fingerprint density at radius 3 is 2.53 bits per heavy atom. The zero-order chi connectivity index (χ0) is 13.8. The highest BCUT2D eigenvalue weighted by molar-refractivity contribution is 9.10. The Morgan fingerprint density at radius 2 is 1.89 bits per heavy atom. The first-order valence-electron chi connectivity index (χ1n) is 6.80. The van der Waals surface area contributed by atoms with Crippen LogP contribution < -0.4 is 0 Å². The summed E-state index contributed by atoms with van der Waals surface area (Å²) in [7, 11) is 2.02. The third kappa shape index (κ3) is 3.94. The molecule has 0 spiro atoms. The van der Waals surface area contributed by atoms with E-state index < -0.39 is 0 Å². The van der Waals surface area contributed by atoms with Gasteiger partial charge in [-0.2, -0.15) is 5.10 Å². The first kappa shape index (κ1) is 15.3. The van der Waals surface area contributed by atoms with Crippen molar-refractivity contribution in [1.82, 2.24) is 19.6 Å². The van der Waals surface area contributed by atoms with Gasteiger partial charge in [-0.05, 0) is 42.4 Å². The molecule has 0 unspecified atom stereocenters. The molecule has 6 heteroatoms. The lowest BCUT2D eigenvalue weighted by Crippen LogP contribution is -2.32. The predicted molar refractivity (Wildman–Crippen MR) is 82.7 cm³/mol. The van der Waals surface area contributed by atoms with Crippen LogP contribution in [0.1, 0.15) is 17.8 Å². The Kier molecular flexibility index (Phi) is 5.69. The predicted octanol–water partition coefficient (Wildman–Crippen LogP) is 2.24. The second-order valence-corrected chi connectivity index (χ2v) is 6.30. The van der Waals surface area contributed by atoms with Crippen molar-refractivity contribution in [2.24, 2.45) is 7.05 Å². The molecule has 1 aromatic rings. The summed E-state index contributed by atoms with van der Waals surface area (Å²) in [6, 6.07) is 0. The van der Waals surface area contributed by atoms with E-state index in [0.717, 1.165) is 55.3 Å². The highest BCUT2D eigenvalue weighted by atomic mass is 79.9. The molecule has 0 radical (unpaired) electrons. The maximum absolute atomic E-state index is 5.83. The molecule has 19 heavy (non-hydrogen) atoms. The average Bonchev–Trinajstić information content (AvgIpc) is 2.58. The first-order chi connectivity index (χ1) is 9.11. The van der Waals surface area contributed by atoms with Crippen LogP contribution >= 0.6 is 27.5 Å². The lowest BCUT2D eigenvalue weighted by atomic mass is 10.3. The summed E-state index contributed by atoms with van der Waals surface area (Å²) in [6.07, 6.45) is 1.21. The van der Waals surface area contributed by atoms with E-state index in [1.807, 2.05) is 18.7 Å². The Bertz CT molecular complexity index is 421. The zero-order valence-electron chi connectivity index (χ0n) is 11.7. The quantitative estimate of drug-likeness (QED) is 0.779. The number of hydrogen-bond donors (Lipinski definition) is 0. The van der Waals surface area contributed by atoms with Gasteiger partial charge in [-0.3, -0.25) is 9.58 Å². The summed E-state index contributed by atoms with van der Waals surface area (Å²) in [6.45, 7) is 8.54. The van der Waals surface area contributed by atoms with E-state index in [2.05, 4.69) is 30.8 Å². The SMILES string of the molecule is Cc1nn(C)c(CN2CCCN(CCCl)CC2)c1Br. The molecule has 0 amide bonds. The van der Waals surface area contributed by atoms with Gasteiger partial charge in [-0.1, -0.05) is 0 Å². The minimum atomic E-state index is 0.729. The summed E-state index contributed by atoms with van der Waals surface area (Å²) in [4.78, 5) is 4.96. The standard InChI is InChI=1S/C13H22BrClN4/c1-11-13(14)12(17(2)16-11)10-19-6-3-5-18(7-4-15)8-9-19/h3-10H2,1-2H3. The third-order valence-electron chi connectivity index (χ3n) is 3.72. The average molecular weight is 350 g/mol. The summed E-state index contributed by atoms with van der Waals surface area (Å²) in [5.74, 6) is 0.729. The van der Waals surface area contributed by atoms with Gasteiger partial charge in [0, 0.05) is 39.1 Å². The van der Waals surface area contributed by atoms with Crippen molar-refractivity contribution in [3.05, 3.63) is 15.9 Å². The highest BCUT2D eigenvalue weighted by Crippen LogP contribution is 2.22. The maximum Gasteiger partial charge on any atom is 0.0739 e. The van der Waals surface area contributed by atoms with Crippen molar-refractivity contribution in [3.8, 4) is 0 Å². The molecule has 108 valence electrons. The smallest absolute Gasteiger partial charge is 0.0739 e. The van der Waals surface area contributed by atoms with Crippen LogP contribution in [-0.4, -0.2) is 58.2 Å². The fourth-order valence-electron chi connectivity index (χ4n) is 2.59. The van der Waals surface area contributed by atoms with Crippen molar-refractivity contribution in [2.45, 2.75) is 19.9 Å². The van der Waals surface area contributed by atoms with Crippen LogP contribution in [0.4, 0.5) is 0 Å². The molecule has 2 rings (SSSR count). The number of hydrogen-bond acceptors (Lipinski definition) is 3. The summed E-state index contributed by atoms with van der Waals surface area (Å²) < 4.78 is 3.14. The lowest BCUT2D eigenvalue weighted by molar-refractivity contribution is 0.253. The summed E-state index contributed by atoms with van der Waals surface area (Å²) >= 11 is 9.47. The van der Waals surface area contributed by atoms with E-state index in [0.29, 0.717) is 0 Å². The molecule has 0 bridgehead atoms. The molecule has 1 fully saturated rings. The number of alkyl halides is 1. The molecule has 0 N–H and O–H groups in total. The first-order valence-corrected chi connectivity index (χ1v) is 8.13. The largest absolute Gasteiger partial charge is 0.301 e. The fraction of sp³-hybridized carbons (Fsp3) is 0.769. The Labute approximate surface area is 128 Å². The van der Waals surface area contributed by atoms with Gasteiger partial charge in [0.05, 0.1) is 15.9 Å². The third-order valence-corrected chi connectivity index (χ3v) is 4.92. The van der Waals surface area contributed by atoms with Gasteiger partial charge in [0.2, 0.25) is 0 Å². The van der Waals surface area contributed by atoms with Crippen LogP contribution in [-0.2, 0) is 13.6 Å². The fourth-order valence-corrected chi connectivity index (χ4v) is 3.29. The molecule has 1 aromatic heterocycles. The van der Waals surface area contributed by atoms with E-state index in [-0.39, 0.29) is 0 Å². The van der Waals surface area contributed by atoms with Crippen LogP contribution in [0.3, 0.4) is 0 Å². The molecular formula is C13H22BrClN4. The Hall–Kier alpha value is -0.100. The van der Waals surface area contributed by atoms with Crippen molar-refractivity contribution < 1.29 is 0 Å². The second kappa shape index (κ2) is 7.07. The van der Waals surface area contributed by atoms with E-state index >= 15 is 0 Å². The van der Waals surface area contributed by atoms with Crippen LogP contribution in [0.25, 0.3) is 0 Å². The Balaban J connectivity index is 1.96. The van der Waals surface area contributed by atoms with Gasteiger partial charge in [-0.25, -0.2) is 0 Å². The van der Waals surface area contributed by atoms with Crippen molar-refractivity contribution in [3.63, 3.8) is 0 Å². The van der Waals surface area contributed by atoms with E-state index in [4.69, 9.17) is 11.6 Å². The highest BCUT2D eigenvalue weighted by Gasteiger charge is 2.18. The van der Waals surface area contributed by atoms with Crippen molar-refractivity contribution in [2.75, 3.05) is 38.6 Å². The molecular weight excluding hydrogens is 328 g/mol. The van der Waals surface area contributed by atoms with Crippen LogP contribution in [0.15, 0.2) is 4.47 Å². The zero-order valence-corrected chi connectivity index (χ0v) is 14.0. The van der Waals surface area contributed by atoms with Gasteiger partial charge < -0.3 is 4.90 Å². The van der Waals surface area contributed by atoms with E-state index in [1.165, 1.54) is 12.1 Å². The lowest BCUT2D eigenvalue weighted by Gasteiger charge is -2.21. The second-order valence-electron chi connectivity index (χ2n) is 5.13. The number of nitrogens with zero attached hydrogens (tertiary/aromatic N) is 4. The molecule has 2 heterocycles. The molecule has 1 aliphatic heterocycles. The van der Waals surface area contributed by atoms with Gasteiger partial charge in [0.15, 0.2) is 0 Å². The van der Waals surface area contributed by atoms with Gasteiger partial charge in [0.1, 0.15) is 0 Å². The number of rotatable bonds is 4. The summed E-state index contributed by atoms with van der Waals surface area (Å²) in [5.41, 5.74) is 2.33. The minimum Gasteiger partial charge on any atom is -0.301 e.